The van der Waals surface area contributed by atoms with Gasteiger partial charge in [0.25, 0.3) is 0 Å². The Morgan fingerprint density at radius 1 is 1.54 bits per heavy atom. The van der Waals surface area contributed by atoms with Gasteiger partial charge in [0.2, 0.25) is 0 Å². The van der Waals surface area contributed by atoms with Crippen molar-refractivity contribution in [2.24, 2.45) is 0 Å². The minimum Gasteiger partial charge on any atom is -0.367 e. The van der Waals surface area contributed by atoms with Crippen LogP contribution in [0.15, 0.2) is 11.6 Å². The zero-order valence-corrected chi connectivity index (χ0v) is 8.67. The SMILES string of the molecule is C/C(=C\CC=O)CC[C@@H]1OC1(C)C. The molecule has 0 spiro atoms. The van der Waals surface area contributed by atoms with Crippen molar-refractivity contribution in [3.8, 4) is 0 Å². The molecule has 0 N–H and O–H groups in total. The Morgan fingerprint density at radius 2 is 2.15 bits per heavy atom. The maximum Gasteiger partial charge on any atom is 0.123 e. The Kier molecular flexibility index (Phi) is 3.26. The van der Waals surface area contributed by atoms with E-state index in [0.29, 0.717) is 12.5 Å². The Hall–Kier alpha value is -0.630. The van der Waals surface area contributed by atoms with E-state index >= 15 is 0 Å². The van der Waals surface area contributed by atoms with Gasteiger partial charge >= 0.3 is 0 Å². The first kappa shape index (κ1) is 10.5. The minimum atomic E-state index is 0.102. The molecule has 1 atom stereocenters. The molecule has 0 amide bonds. The van der Waals surface area contributed by atoms with E-state index < -0.39 is 0 Å². The molecule has 0 aromatic heterocycles. The van der Waals surface area contributed by atoms with Gasteiger partial charge in [-0.2, -0.15) is 0 Å². The summed E-state index contributed by atoms with van der Waals surface area (Å²) in [5.41, 5.74) is 1.39. The van der Waals surface area contributed by atoms with E-state index in [0.717, 1.165) is 19.1 Å². The fourth-order valence-corrected chi connectivity index (χ4v) is 1.45. The molecule has 1 aliphatic heterocycles. The highest BCUT2D eigenvalue weighted by molar-refractivity contribution is 5.52. The van der Waals surface area contributed by atoms with Gasteiger partial charge in [-0.1, -0.05) is 11.6 Å². The summed E-state index contributed by atoms with van der Waals surface area (Å²) in [7, 11) is 0. The quantitative estimate of drug-likeness (QED) is 0.371. The maximum atomic E-state index is 10.1. The first-order chi connectivity index (χ1) is 6.06. The van der Waals surface area contributed by atoms with Gasteiger partial charge in [-0.15, -0.1) is 0 Å². The number of hydrogen-bond donors (Lipinski definition) is 0. The first-order valence-electron chi connectivity index (χ1n) is 4.83. The van der Waals surface area contributed by atoms with Crippen LogP contribution in [0.2, 0.25) is 0 Å². The Labute approximate surface area is 80.0 Å². The molecule has 0 saturated carbocycles. The second kappa shape index (κ2) is 4.05. The fourth-order valence-electron chi connectivity index (χ4n) is 1.45. The van der Waals surface area contributed by atoms with Gasteiger partial charge in [-0.3, -0.25) is 0 Å². The molecule has 0 radical (unpaired) electrons. The van der Waals surface area contributed by atoms with Crippen LogP contribution in [0.3, 0.4) is 0 Å². The number of hydrogen-bond acceptors (Lipinski definition) is 2. The van der Waals surface area contributed by atoms with E-state index in [9.17, 15) is 4.79 Å². The molecule has 1 saturated heterocycles. The van der Waals surface area contributed by atoms with E-state index in [1.165, 1.54) is 5.57 Å². The van der Waals surface area contributed by atoms with Gasteiger partial charge in [0.15, 0.2) is 0 Å². The molecule has 1 heterocycles. The zero-order valence-electron chi connectivity index (χ0n) is 8.67. The largest absolute Gasteiger partial charge is 0.367 e. The molecule has 74 valence electrons. The highest BCUT2D eigenvalue weighted by atomic mass is 16.6. The molecule has 0 bridgehead atoms. The molecule has 1 rings (SSSR count). The van der Waals surface area contributed by atoms with Crippen LogP contribution >= 0.6 is 0 Å². The Bertz CT molecular complexity index is 216. The summed E-state index contributed by atoms with van der Waals surface area (Å²) >= 11 is 0. The Balaban J connectivity index is 2.16. The van der Waals surface area contributed by atoms with Crippen LogP contribution in [-0.2, 0) is 9.53 Å². The third kappa shape index (κ3) is 3.31. The van der Waals surface area contributed by atoms with Crippen LogP contribution in [0.25, 0.3) is 0 Å². The highest BCUT2D eigenvalue weighted by Crippen LogP contribution is 2.38. The molecule has 1 aliphatic rings. The van der Waals surface area contributed by atoms with E-state index in [4.69, 9.17) is 4.74 Å². The summed E-state index contributed by atoms with van der Waals surface area (Å²) in [4.78, 5) is 10.1. The van der Waals surface area contributed by atoms with Gasteiger partial charge in [0, 0.05) is 6.42 Å². The van der Waals surface area contributed by atoms with Crippen molar-refractivity contribution in [1.82, 2.24) is 0 Å². The third-order valence-corrected chi connectivity index (χ3v) is 2.53. The molecule has 2 nitrogen and oxygen atoms in total. The monoisotopic (exact) mass is 182 g/mol. The summed E-state index contributed by atoms with van der Waals surface area (Å²) in [6.45, 7) is 6.29. The van der Waals surface area contributed by atoms with Crippen LogP contribution in [-0.4, -0.2) is 18.0 Å². The second-order valence-corrected chi connectivity index (χ2v) is 4.20. The zero-order chi connectivity index (χ0) is 9.90. The topological polar surface area (TPSA) is 29.6 Å². The normalized spacial score (nSPS) is 25.8. The summed E-state index contributed by atoms with van der Waals surface area (Å²) < 4.78 is 5.46. The van der Waals surface area contributed by atoms with Crippen molar-refractivity contribution in [2.75, 3.05) is 0 Å². The van der Waals surface area contributed by atoms with Gasteiger partial charge in [0.1, 0.15) is 6.29 Å². The van der Waals surface area contributed by atoms with Crippen molar-refractivity contribution in [3.63, 3.8) is 0 Å². The lowest BCUT2D eigenvalue weighted by molar-refractivity contribution is -0.107. The van der Waals surface area contributed by atoms with Gasteiger partial charge in [0.05, 0.1) is 11.7 Å². The average Bonchev–Trinajstić information content (AvgIpc) is 2.67. The number of epoxide rings is 1. The van der Waals surface area contributed by atoms with Crippen molar-refractivity contribution < 1.29 is 9.53 Å². The first-order valence-corrected chi connectivity index (χ1v) is 4.83. The number of ether oxygens (including phenoxy) is 1. The second-order valence-electron chi connectivity index (χ2n) is 4.20. The van der Waals surface area contributed by atoms with Gasteiger partial charge < -0.3 is 9.53 Å². The van der Waals surface area contributed by atoms with Crippen molar-refractivity contribution in [3.05, 3.63) is 11.6 Å². The number of allylic oxidation sites excluding steroid dienone is 2. The molecule has 13 heavy (non-hydrogen) atoms. The van der Waals surface area contributed by atoms with Crippen molar-refractivity contribution >= 4 is 6.29 Å². The molecule has 2 heteroatoms. The third-order valence-electron chi connectivity index (χ3n) is 2.53. The van der Waals surface area contributed by atoms with Crippen LogP contribution in [0.4, 0.5) is 0 Å². The molecule has 0 aromatic carbocycles. The molecule has 1 fully saturated rings. The van der Waals surface area contributed by atoms with Crippen molar-refractivity contribution in [2.45, 2.75) is 51.7 Å². The highest BCUT2D eigenvalue weighted by Gasteiger charge is 2.46. The molecule has 0 unspecified atom stereocenters. The van der Waals surface area contributed by atoms with E-state index in [1.807, 2.05) is 6.08 Å². The average molecular weight is 182 g/mol. The lowest BCUT2D eigenvalue weighted by Gasteiger charge is -1.98. The summed E-state index contributed by atoms with van der Waals surface area (Å²) in [6, 6.07) is 0. The van der Waals surface area contributed by atoms with E-state index in [2.05, 4.69) is 20.8 Å². The fraction of sp³-hybridized carbons (Fsp3) is 0.727. The molecule has 0 aromatic rings. The summed E-state index contributed by atoms with van der Waals surface area (Å²) in [5, 5.41) is 0. The predicted octanol–water partition coefficient (Wildman–Crippen LogP) is 2.48. The number of aldehydes is 1. The summed E-state index contributed by atoms with van der Waals surface area (Å²) in [5.74, 6) is 0. The lowest BCUT2D eigenvalue weighted by Crippen LogP contribution is -2.02. The maximum absolute atomic E-state index is 10.1. The van der Waals surface area contributed by atoms with Crippen LogP contribution in [0.5, 0.6) is 0 Å². The van der Waals surface area contributed by atoms with Crippen LogP contribution in [0.1, 0.15) is 40.0 Å². The van der Waals surface area contributed by atoms with Gasteiger partial charge in [-0.25, -0.2) is 0 Å². The van der Waals surface area contributed by atoms with Crippen molar-refractivity contribution in [1.29, 1.82) is 0 Å². The van der Waals surface area contributed by atoms with E-state index in [1.54, 1.807) is 0 Å². The number of rotatable bonds is 5. The number of carbonyl (C=O) groups is 1. The minimum absolute atomic E-state index is 0.102. The summed E-state index contributed by atoms with van der Waals surface area (Å²) in [6.07, 6.45) is 6.01. The van der Waals surface area contributed by atoms with E-state index in [-0.39, 0.29) is 5.60 Å². The van der Waals surface area contributed by atoms with Crippen LogP contribution < -0.4 is 0 Å². The number of carbonyl (C=O) groups excluding carboxylic acids is 1. The molecular weight excluding hydrogens is 164 g/mol. The smallest absolute Gasteiger partial charge is 0.123 e. The molecular formula is C11H18O2. The Morgan fingerprint density at radius 3 is 2.62 bits per heavy atom. The predicted molar refractivity (Wildman–Crippen MR) is 52.6 cm³/mol. The standard InChI is InChI=1S/C11H18O2/c1-9(5-4-8-12)6-7-10-11(2,3)13-10/h5,8,10H,4,6-7H2,1-3H3/b9-5+/t10-/m0/s1. The van der Waals surface area contributed by atoms with Crippen LogP contribution in [0, 0.1) is 0 Å². The molecule has 0 aliphatic carbocycles. The lowest BCUT2D eigenvalue weighted by atomic mass is 10.0. The van der Waals surface area contributed by atoms with Gasteiger partial charge in [-0.05, 0) is 33.6 Å².